The Kier molecular flexibility index (Phi) is 4.71. The molecule has 6 heteroatoms. The summed E-state index contributed by atoms with van der Waals surface area (Å²) in [5, 5.41) is 16.2. The van der Waals surface area contributed by atoms with Crippen LogP contribution in [-0.4, -0.2) is 48.8 Å². The van der Waals surface area contributed by atoms with E-state index in [1.807, 2.05) is 25.4 Å². The van der Waals surface area contributed by atoms with Gasteiger partial charge in [0.05, 0.1) is 6.10 Å². The van der Waals surface area contributed by atoms with Crippen molar-refractivity contribution in [2.24, 2.45) is 4.99 Å². The zero-order chi connectivity index (χ0) is 16.2. The fourth-order valence-corrected chi connectivity index (χ4v) is 2.86. The normalized spacial score (nSPS) is 24.2. The minimum Gasteiger partial charge on any atom is -0.508 e. The Hall–Kier alpha value is -2.21. The van der Waals surface area contributed by atoms with Crippen LogP contribution in [0.4, 0.5) is 5.69 Å². The number of nitrogens with zero attached hydrogens (tertiary/aromatic N) is 2. The molecule has 3 rings (SSSR count). The van der Waals surface area contributed by atoms with E-state index in [-0.39, 0.29) is 12.0 Å². The van der Waals surface area contributed by atoms with Gasteiger partial charge in [0.15, 0.2) is 6.29 Å². The van der Waals surface area contributed by atoms with E-state index in [1.54, 1.807) is 12.1 Å². The van der Waals surface area contributed by atoms with Crippen molar-refractivity contribution in [1.82, 2.24) is 10.2 Å². The van der Waals surface area contributed by atoms with E-state index < -0.39 is 0 Å². The predicted octanol–water partition coefficient (Wildman–Crippen LogP) is 2.10. The largest absolute Gasteiger partial charge is 0.508 e. The highest BCUT2D eigenvalue weighted by molar-refractivity contribution is 5.80. The molecule has 2 atom stereocenters. The molecule has 3 N–H and O–H groups in total. The summed E-state index contributed by atoms with van der Waals surface area (Å²) in [6, 6.07) is 6.99. The van der Waals surface area contributed by atoms with Crippen molar-refractivity contribution in [3.63, 3.8) is 0 Å². The van der Waals surface area contributed by atoms with Gasteiger partial charge in [-0.3, -0.25) is 0 Å². The Morgan fingerprint density at radius 3 is 2.83 bits per heavy atom. The van der Waals surface area contributed by atoms with Crippen molar-refractivity contribution < 1.29 is 9.84 Å². The van der Waals surface area contributed by atoms with Gasteiger partial charge in [0.1, 0.15) is 11.6 Å². The summed E-state index contributed by atoms with van der Waals surface area (Å²) in [4.78, 5) is 6.62. The molecule has 1 saturated heterocycles. The lowest BCUT2D eigenvalue weighted by Gasteiger charge is -2.34. The van der Waals surface area contributed by atoms with E-state index in [4.69, 9.17) is 4.74 Å². The van der Waals surface area contributed by atoms with Gasteiger partial charge in [-0.2, -0.15) is 0 Å². The lowest BCUT2D eigenvalue weighted by Crippen LogP contribution is -2.44. The minimum absolute atomic E-state index is 0.185. The number of nitrogens with one attached hydrogen (secondary N) is 2. The Labute approximate surface area is 136 Å². The Morgan fingerprint density at radius 2 is 2.13 bits per heavy atom. The van der Waals surface area contributed by atoms with E-state index >= 15 is 0 Å². The van der Waals surface area contributed by atoms with Gasteiger partial charge in [0.2, 0.25) is 0 Å². The topological polar surface area (TPSA) is 69.1 Å². The number of hydrogen-bond donors (Lipinski definition) is 3. The third-order valence-electron chi connectivity index (χ3n) is 4.19. The van der Waals surface area contributed by atoms with Gasteiger partial charge in [0, 0.05) is 37.7 Å². The third kappa shape index (κ3) is 3.76. The molecule has 1 aromatic carbocycles. The summed E-state index contributed by atoms with van der Waals surface area (Å²) in [5.41, 5.74) is 2.02. The number of phenols is 1. The quantitative estimate of drug-likeness (QED) is 0.726. The fraction of sp³-hybridized carbons (Fsp3) is 0.471. The number of aromatic hydroxyl groups is 1. The van der Waals surface area contributed by atoms with Crippen LogP contribution < -0.4 is 10.6 Å². The average molecular weight is 316 g/mol. The summed E-state index contributed by atoms with van der Waals surface area (Å²) < 4.78 is 5.67. The Balaban J connectivity index is 1.63. The smallest absolute Gasteiger partial charge is 0.197 e. The molecule has 1 aromatic rings. The number of aliphatic imine (C=N–C) groups is 1. The average Bonchev–Trinajstić information content (AvgIpc) is 3.05. The number of allylic oxidation sites excluding steroid dienone is 1. The molecule has 23 heavy (non-hydrogen) atoms. The van der Waals surface area contributed by atoms with Crippen LogP contribution in [0.15, 0.2) is 40.7 Å². The lowest BCUT2D eigenvalue weighted by molar-refractivity contribution is 0.109. The number of hydrogen-bond acceptors (Lipinski definition) is 6. The molecule has 0 amide bonds. The third-order valence-corrected chi connectivity index (χ3v) is 4.19. The zero-order valence-corrected chi connectivity index (χ0v) is 13.6. The van der Waals surface area contributed by atoms with Gasteiger partial charge in [0.25, 0.3) is 0 Å². The van der Waals surface area contributed by atoms with Crippen molar-refractivity contribution in [3.8, 4) is 5.75 Å². The first-order valence-corrected chi connectivity index (χ1v) is 8.01. The van der Waals surface area contributed by atoms with Crippen LogP contribution in [-0.2, 0) is 4.74 Å². The minimum atomic E-state index is -0.185. The van der Waals surface area contributed by atoms with Crippen LogP contribution in [0.3, 0.4) is 0 Å². The Morgan fingerprint density at radius 1 is 1.35 bits per heavy atom. The van der Waals surface area contributed by atoms with E-state index in [2.05, 4.69) is 27.4 Å². The van der Waals surface area contributed by atoms with Crippen LogP contribution in [0.5, 0.6) is 5.75 Å². The van der Waals surface area contributed by atoms with Gasteiger partial charge >= 0.3 is 0 Å². The van der Waals surface area contributed by atoms with Crippen LogP contribution in [0, 0.1) is 0 Å². The summed E-state index contributed by atoms with van der Waals surface area (Å²) in [5.74, 6) is 1.32. The van der Waals surface area contributed by atoms with Gasteiger partial charge in [-0.05, 0) is 44.0 Å². The van der Waals surface area contributed by atoms with Crippen molar-refractivity contribution in [1.29, 1.82) is 0 Å². The highest BCUT2D eigenvalue weighted by Gasteiger charge is 2.23. The van der Waals surface area contributed by atoms with Gasteiger partial charge in [-0.15, -0.1) is 0 Å². The molecule has 6 nitrogen and oxygen atoms in total. The van der Waals surface area contributed by atoms with Crippen molar-refractivity contribution in [2.75, 3.05) is 25.5 Å². The number of anilines is 1. The molecule has 0 aliphatic carbocycles. The monoisotopic (exact) mass is 316 g/mol. The molecular formula is C17H24N4O2. The molecule has 2 aliphatic rings. The molecule has 124 valence electrons. The van der Waals surface area contributed by atoms with E-state index in [0.717, 1.165) is 43.1 Å². The van der Waals surface area contributed by atoms with Crippen molar-refractivity contribution in [3.05, 3.63) is 35.7 Å². The number of ether oxygens (including phenoxy) is 1. The molecule has 2 aliphatic heterocycles. The molecule has 2 unspecified atom stereocenters. The first-order valence-electron chi connectivity index (χ1n) is 8.01. The molecule has 0 spiro atoms. The van der Waals surface area contributed by atoms with Crippen molar-refractivity contribution >= 4 is 11.9 Å². The van der Waals surface area contributed by atoms with Crippen LogP contribution >= 0.6 is 0 Å². The maximum absolute atomic E-state index is 9.37. The highest BCUT2D eigenvalue weighted by Crippen LogP contribution is 2.20. The van der Waals surface area contributed by atoms with Gasteiger partial charge in [-0.25, -0.2) is 4.99 Å². The van der Waals surface area contributed by atoms with Crippen LogP contribution in [0.25, 0.3) is 0 Å². The molecule has 0 bridgehead atoms. The molecule has 0 radical (unpaired) electrons. The number of rotatable bonds is 5. The first kappa shape index (κ1) is 15.7. The highest BCUT2D eigenvalue weighted by atomic mass is 16.5. The molecule has 0 saturated carbocycles. The summed E-state index contributed by atoms with van der Waals surface area (Å²) in [6.45, 7) is 3.73. The SMILES string of the molecule is CC1=C(NCC2CCCO2)N(C)C(Nc2ccc(O)cc2)N=C1. The predicted molar refractivity (Wildman–Crippen MR) is 91.4 cm³/mol. The summed E-state index contributed by atoms with van der Waals surface area (Å²) in [7, 11) is 2.01. The second-order valence-electron chi connectivity index (χ2n) is 6.00. The number of phenolic OH excluding ortho intramolecular Hbond substituents is 1. The van der Waals surface area contributed by atoms with Gasteiger partial charge < -0.3 is 25.4 Å². The van der Waals surface area contributed by atoms with Crippen molar-refractivity contribution in [2.45, 2.75) is 32.2 Å². The zero-order valence-electron chi connectivity index (χ0n) is 13.6. The van der Waals surface area contributed by atoms with E-state index in [0.29, 0.717) is 6.10 Å². The Bertz CT molecular complexity index is 591. The molecule has 0 aromatic heterocycles. The molecule has 1 fully saturated rings. The standard InChI is InChI=1S/C17H24N4O2/c1-12-10-19-17(20-13-5-7-14(22)8-6-13)21(2)16(12)18-11-15-4-3-9-23-15/h5-8,10,15,17-18,20,22H,3-4,9,11H2,1-2H3. The molecular weight excluding hydrogens is 292 g/mol. The second kappa shape index (κ2) is 6.91. The van der Waals surface area contributed by atoms with Crippen LogP contribution in [0.1, 0.15) is 19.8 Å². The van der Waals surface area contributed by atoms with E-state index in [1.165, 1.54) is 0 Å². The van der Waals surface area contributed by atoms with E-state index in [9.17, 15) is 5.11 Å². The summed E-state index contributed by atoms with van der Waals surface area (Å²) in [6.07, 6.45) is 4.26. The fourth-order valence-electron chi connectivity index (χ4n) is 2.86. The number of benzene rings is 1. The molecule has 2 heterocycles. The lowest BCUT2D eigenvalue weighted by atomic mass is 10.2. The second-order valence-corrected chi connectivity index (χ2v) is 6.00. The van der Waals surface area contributed by atoms with Crippen LogP contribution in [0.2, 0.25) is 0 Å². The maximum atomic E-state index is 9.37. The maximum Gasteiger partial charge on any atom is 0.197 e. The van der Waals surface area contributed by atoms with Gasteiger partial charge in [-0.1, -0.05) is 0 Å². The first-order chi connectivity index (χ1) is 11.1. The summed E-state index contributed by atoms with van der Waals surface area (Å²) >= 11 is 0.